The van der Waals surface area contributed by atoms with Gasteiger partial charge in [0.15, 0.2) is 0 Å². The van der Waals surface area contributed by atoms with E-state index >= 15 is 0 Å². The average Bonchev–Trinajstić information content (AvgIpc) is 3.13. The third-order valence-electron chi connectivity index (χ3n) is 4.43. The van der Waals surface area contributed by atoms with E-state index in [1.807, 2.05) is 30.3 Å². The highest BCUT2D eigenvalue weighted by atomic mass is 35.5. The minimum absolute atomic E-state index is 0.125. The summed E-state index contributed by atoms with van der Waals surface area (Å²) in [5, 5.41) is 3.66. The summed E-state index contributed by atoms with van der Waals surface area (Å²) in [5.74, 6) is -0.156. The van der Waals surface area contributed by atoms with Crippen molar-refractivity contribution in [1.29, 1.82) is 0 Å². The van der Waals surface area contributed by atoms with Gasteiger partial charge in [0.1, 0.15) is 10.8 Å². The maximum atomic E-state index is 12.7. The Morgan fingerprint density at radius 2 is 2.00 bits per heavy atom. The Morgan fingerprint density at radius 3 is 2.56 bits per heavy atom. The van der Waals surface area contributed by atoms with Crippen molar-refractivity contribution in [2.24, 2.45) is 7.05 Å². The molecule has 1 aromatic carbocycles. The zero-order valence-electron chi connectivity index (χ0n) is 13.8. The molecule has 1 atom stereocenters. The first-order valence-corrected chi connectivity index (χ1v) is 8.87. The van der Waals surface area contributed by atoms with Crippen LogP contribution in [0.2, 0.25) is 10.2 Å². The molecule has 1 aliphatic heterocycles. The second kappa shape index (κ2) is 7.50. The van der Waals surface area contributed by atoms with Gasteiger partial charge in [0.25, 0.3) is 5.91 Å². The van der Waals surface area contributed by atoms with Crippen molar-refractivity contribution in [3.05, 3.63) is 57.8 Å². The van der Waals surface area contributed by atoms with E-state index in [0.29, 0.717) is 28.8 Å². The molecule has 1 fully saturated rings. The predicted molar refractivity (Wildman–Crippen MR) is 97.9 cm³/mol. The molecule has 3 rings (SSSR count). The van der Waals surface area contributed by atoms with Gasteiger partial charge in [0.05, 0.1) is 11.1 Å². The van der Waals surface area contributed by atoms with Gasteiger partial charge in [-0.3, -0.25) is 9.59 Å². The SMILES string of the molecule is Cn1c(C(=O)N[C@@H](CN2CCCC2=O)c2ccccc2)cc(Cl)c1Cl. The zero-order chi connectivity index (χ0) is 18.0. The van der Waals surface area contributed by atoms with E-state index in [-0.39, 0.29) is 17.9 Å². The van der Waals surface area contributed by atoms with E-state index in [4.69, 9.17) is 23.2 Å². The van der Waals surface area contributed by atoms with Gasteiger partial charge in [-0.1, -0.05) is 53.5 Å². The van der Waals surface area contributed by atoms with Gasteiger partial charge >= 0.3 is 0 Å². The first-order chi connectivity index (χ1) is 12.0. The molecule has 132 valence electrons. The van der Waals surface area contributed by atoms with Crippen LogP contribution >= 0.6 is 23.2 Å². The molecule has 0 aliphatic carbocycles. The number of nitrogens with zero attached hydrogens (tertiary/aromatic N) is 2. The van der Waals surface area contributed by atoms with Crippen LogP contribution in [0.15, 0.2) is 36.4 Å². The number of nitrogens with one attached hydrogen (secondary N) is 1. The lowest BCUT2D eigenvalue weighted by atomic mass is 10.1. The topological polar surface area (TPSA) is 54.3 Å². The van der Waals surface area contributed by atoms with E-state index in [2.05, 4.69) is 5.32 Å². The fourth-order valence-electron chi connectivity index (χ4n) is 3.03. The quantitative estimate of drug-likeness (QED) is 0.864. The van der Waals surface area contributed by atoms with Crippen LogP contribution in [0.3, 0.4) is 0 Å². The second-order valence-electron chi connectivity index (χ2n) is 6.11. The number of likely N-dealkylation sites (tertiary alicyclic amines) is 1. The van der Waals surface area contributed by atoms with Crippen LogP contribution in [-0.4, -0.2) is 34.4 Å². The highest BCUT2D eigenvalue weighted by molar-refractivity contribution is 6.41. The molecule has 5 nitrogen and oxygen atoms in total. The fraction of sp³-hybridized carbons (Fsp3) is 0.333. The molecule has 1 aromatic heterocycles. The fourth-order valence-corrected chi connectivity index (χ4v) is 3.41. The highest BCUT2D eigenvalue weighted by Gasteiger charge is 2.26. The Hall–Kier alpha value is -1.98. The summed E-state index contributed by atoms with van der Waals surface area (Å²) in [4.78, 5) is 26.5. The third-order valence-corrected chi connectivity index (χ3v) is 5.27. The Balaban J connectivity index is 1.83. The van der Waals surface area contributed by atoms with Crippen LogP contribution in [0.1, 0.15) is 34.9 Å². The van der Waals surface area contributed by atoms with Crippen LogP contribution in [0, 0.1) is 0 Å². The van der Waals surface area contributed by atoms with Gasteiger partial charge in [-0.05, 0) is 18.1 Å². The van der Waals surface area contributed by atoms with E-state index in [0.717, 1.165) is 18.5 Å². The number of amides is 2. The summed E-state index contributed by atoms with van der Waals surface area (Å²) < 4.78 is 1.54. The molecular weight excluding hydrogens is 361 g/mol. The third kappa shape index (κ3) is 3.83. The molecule has 2 amide bonds. The zero-order valence-corrected chi connectivity index (χ0v) is 15.3. The Labute approximate surface area is 156 Å². The number of hydrogen-bond donors (Lipinski definition) is 1. The van der Waals surface area contributed by atoms with Gasteiger partial charge in [0.2, 0.25) is 5.91 Å². The summed E-state index contributed by atoms with van der Waals surface area (Å²) in [7, 11) is 1.69. The molecule has 0 unspecified atom stereocenters. The van der Waals surface area contributed by atoms with Crippen molar-refractivity contribution in [2.75, 3.05) is 13.1 Å². The van der Waals surface area contributed by atoms with Crippen LogP contribution in [-0.2, 0) is 11.8 Å². The molecule has 0 saturated carbocycles. The molecule has 0 radical (unpaired) electrons. The van der Waals surface area contributed by atoms with Crippen molar-refractivity contribution < 1.29 is 9.59 Å². The van der Waals surface area contributed by atoms with Gasteiger partial charge in [-0.2, -0.15) is 0 Å². The maximum absolute atomic E-state index is 12.7. The van der Waals surface area contributed by atoms with E-state index in [9.17, 15) is 9.59 Å². The highest BCUT2D eigenvalue weighted by Crippen LogP contribution is 2.26. The average molecular weight is 380 g/mol. The molecular formula is C18H19Cl2N3O2. The van der Waals surface area contributed by atoms with E-state index in [1.165, 1.54) is 0 Å². The van der Waals surface area contributed by atoms with Gasteiger partial charge < -0.3 is 14.8 Å². The monoisotopic (exact) mass is 379 g/mol. The molecule has 0 spiro atoms. The lowest BCUT2D eigenvalue weighted by molar-refractivity contribution is -0.128. The standard InChI is InChI=1S/C18H19Cl2N3O2/c1-22-15(10-13(19)17(22)20)18(25)21-14(12-6-3-2-4-7-12)11-23-9-5-8-16(23)24/h2-4,6-7,10,14H,5,8-9,11H2,1H3,(H,21,25)/t14-/m0/s1. The molecule has 7 heteroatoms. The van der Waals surface area contributed by atoms with Crippen molar-refractivity contribution in [3.63, 3.8) is 0 Å². The van der Waals surface area contributed by atoms with Gasteiger partial charge in [0, 0.05) is 26.6 Å². The summed E-state index contributed by atoms with van der Waals surface area (Å²) in [6.07, 6.45) is 1.43. The summed E-state index contributed by atoms with van der Waals surface area (Å²) in [6.45, 7) is 1.17. The molecule has 25 heavy (non-hydrogen) atoms. The minimum Gasteiger partial charge on any atom is -0.342 e. The number of carbonyl (C=O) groups is 2. The number of aromatic nitrogens is 1. The molecule has 1 aliphatic rings. The number of carbonyl (C=O) groups excluding carboxylic acids is 2. The summed E-state index contributed by atoms with van der Waals surface area (Å²) >= 11 is 12.1. The molecule has 1 N–H and O–H groups in total. The second-order valence-corrected chi connectivity index (χ2v) is 6.87. The molecule has 1 saturated heterocycles. The largest absolute Gasteiger partial charge is 0.342 e. The lowest BCUT2D eigenvalue weighted by Crippen LogP contribution is -2.39. The molecule has 2 heterocycles. The van der Waals surface area contributed by atoms with Crippen molar-refractivity contribution >= 4 is 35.0 Å². The maximum Gasteiger partial charge on any atom is 0.268 e. The normalized spacial score (nSPS) is 15.5. The smallest absolute Gasteiger partial charge is 0.268 e. The van der Waals surface area contributed by atoms with Crippen molar-refractivity contribution in [2.45, 2.75) is 18.9 Å². The van der Waals surface area contributed by atoms with Crippen LogP contribution in [0.4, 0.5) is 0 Å². The van der Waals surface area contributed by atoms with Gasteiger partial charge in [-0.25, -0.2) is 0 Å². The minimum atomic E-state index is -0.303. The Kier molecular flexibility index (Phi) is 5.35. The first kappa shape index (κ1) is 17.8. The number of halogens is 2. The Bertz CT molecular complexity index is 789. The van der Waals surface area contributed by atoms with Crippen LogP contribution < -0.4 is 5.32 Å². The predicted octanol–water partition coefficient (Wildman–Crippen LogP) is 3.43. The van der Waals surface area contributed by atoms with Crippen molar-refractivity contribution in [3.8, 4) is 0 Å². The van der Waals surface area contributed by atoms with E-state index in [1.54, 1.807) is 22.6 Å². The number of hydrogen-bond acceptors (Lipinski definition) is 2. The Morgan fingerprint density at radius 1 is 1.28 bits per heavy atom. The summed E-state index contributed by atoms with van der Waals surface area (Å²) in [6, 6.07) is 10.9. The number of rotatable bonds is 5. The lowest BCUT2D eigenvalue weighted by Gasteiger charge is -2.25. The van der Waals surface area contributed by atoms with Crippen LogP contribution in [0.5, 0.6) is 0 Å². The summed E-state index contributed by atoms with van der Waals surface area (Å²) in [5.41, 5.74) is 1.32. The first-order valence-electron chi connectivity index (χ1n) is 8.11. The van der Waals surface area contributed by atoms with Crippen LogP contribution in [0.25, 0.3) is 0 Å². The molecule has 2 aromatic rings. The van der Waals surface area contributed by atoms with Crippen molar-refractivity contribution in [1.82, 2.24) is 14.8 Å². The van der Waals surface area contributed by atoms with Gasteiger partial charge in [-0.15, -0.1) is 0 Å². The number of benzene rings is 1. The van der Waals surface area contributed by atoms with E-state index < -0.39 is 0 Å². The molecule has 0 bridgehead atoms.